The minimum absolute atomic E-state index is 0.000756. The van der Waals surface area contributed by atoms with Crippen molar-refractivity contribution in [1.82, 2.24) is 0 Å². The van der Waals surface area contributed by atoms with Gasteiger partial charge < -0.3 is 19.7 Å². The number of aliphatic hydroxyl groups excluding tert-OH is 1. The first kappa shape index (κ1) is 19.6. The lowest BCUT2D eigenvalue weighted by Gasteiger charge is -2.67. The van der Waals surface area contributed by atoms with Crippen molar-refractivity contribution in [2.24, 2.45) is 28.6 Å². The number of hydrogen-bond acceptors (Lipinski definition) is 7. The smallest absolute Gasteiger partial charge is 0.309 e. The monoisotopic (exact) mass is 392 g/mol. The van der Waals surface area contributed by atoms with Crippen LogP contribution in [0.25, 0.3) is 0 Å². The summed E-state index contributed by atoms with van der Waals surface area (Å²) in [5, 5.41) is 22.2. The van der Waals surface area contributed by atoms with Gasteiger partial charge >= 0.3 is 5.97 Å². The Morgan fingerprint density at radius 2 is 1.82 bits per heavy atom. The molecule has 1 saturated heterocycles. The van der Waals surface area contributed by atoms with Gasteiger partial charge in [-0.25, -0.2) is 0 Å². The Bertz CT molecular complexity index is 816. The lowest BCUT2D eigenvalue weighted by atomic mass is 9.38. The van der Waals surface area contributed by atoms with E-state index in [4.69, 9.17) is 9.47 Å². The topological polar surface area (TPSA) is 110 Å². The van der Waals surface area contributed by atoms with Gasteiger partial charge in [0.25, 0.3) is 0 Å². The number of ketones is 2. The number of hydrogen-bond donors (Lipinski definition) is 2. The van der Waals surface area contributed by atoms with Gasteiger partial charge in [0.1, 0.15) is 17.8 Å². The predicted octanol–water partition coefficient (Wildman–Crippen LogP) is 1.15. The molecule has 0 amide bonds. The summed E-state index contributed by atoms with van der Waals surface area (Å²) in [5.74, 6) is -2.50. The van der Waals surface area contributed by atoms with Crippen LogP contribution in [0.1, 0.15) is 47.0 Å². The van der Waals surface area contributed by atoms with Crippen LogP contribution in [-0.4, -0.2) is 52.7 Å². The van der Waals surface area contributed by atoms with Crippen molar-refractivity contribution >= 4 is 17.5 Å². The molecule has 8 atom stereocenters. The Kier molecular flexibility index (Phi) is 3.96. The highest BCUT2D eigenvalue weighted by Gasteiger charge is 2.76. The fourth-order valence-corrected chi connectivity index (χ4v) is 6.99. The maximum atomic E-state index is 13.6. The Morgan fingerprint density at radius 3 is 2.43 bits per heavy atom. The predicted molar refractivity (Wildman–Crippen MR) is 96.8 cm³/mol. The van der Waals surface area contributed by atoms with Crippen molar-refractivity contribution in [2.45, 2.75) is 64.8 Å². The summed E-state index contributed by atoms with van der Waals surface area (Å²) in [4.78, 5) is 39.3. The summed E-state index contributed by atoms with van der Waals surface area (Å²) in [5.41, 5.74) is -3.71. The average molecular weight is 392 g/mol. The second-order valence-electron chi connectivity index (χ2n) is 9.47. The SMILES string of the molecule is COC1=C(C)[C@]2(O)CC(=O)O[C@@H]3CC4C(C)CC(O)C(=O)[C@]4(C)C(C1=O)[C@@]32C. The Labute approximate surface area is 164 Å². The molecule has 2 N–H and O–H groups in total. The Morgan fingerprint density at radius 1 is 1.18 bits per heavy atom. The number of methoxy groups -OCH3 is 1. The van der Waals surface area contributed by atoms with Crippen molar-refractivity contribution in [3.63, 3.8) is 0 Å². The molecular weight excluding hydrogens is 364 g/mol. The van der Waals surface area contributed by atoms with Gasteiger partial charge in [-0.05, 0) is 31.6 Å². The first-order valence-corrected chi connectivity index (χ1v) is 9.88. The van der Waals surface area contributed by atoms with Crippen molar-refractivity contribution in [2.75, 3.05) is 7.11 Å². The van der Waals surface area contributed by atoms with E-state index in [0.29, 0.717) is 18.4 Å². The lowest BCUT2D eigenvalue weighted by Crippen LogP contribution is -2.75. The van der Waals surface area contributed by atoms with Crippen molar-refractivity contribution in [1.29, 1.82) is 0 Å². The number of allylic oxidation sites excluding steroid dienone is 1. The van der Waals surface area contributed by atoms with Crippen molar-refractivity contribution < 1.29 is 34.1 Å². The normalized spacial score (nSPS) is 50.7. The third-order valence-electron chi connectivity index (χ3n) is 8.44. The molecular formula is C21H28O7. The average Bonchev–Trinajstić information content (AvgIpc) is 2.60. The molecule has 0 aromatic rings. The molecule has 2 saturated carbocycles. The van der Waals surface area contributed by atoms with Crippen LogP contribution in [0.15, 0.2) is 11.3 Å². The number of esters is 1. The molecule has 0 bridgehead atoms. The van der Waals surface area contributed by atoms with E-state index in [9.17, 15) is 24.6 Å². The molecule has 4 unspecified atom stereocenters. The molecule has 7 nitrogen and oxygen atoms in total. The zero-order valence-corrected chi connectivity index (χ0v) is 16.9. The summed E-state index contributed by atoms with van der Waals surface area (Å²) in [7, 11) is 1.35. The second-order valence-corrected chi connectivity index (χ2v) is 9.47. The molecule has 0 aromatic heterocycles. The summed E-state index contributed by atoms with van der Waals surface area (Å²) in [6.07, 6.45) is -1.45. The van der Waals surface area contributed by atoms with Crippen molar-refractivity contribution in [3.8, 4) is 0 Å². The van der Waals surface area contributed by atoms with Crippen LogP contribution in [0.2, 0.25) is 0 Å². The van der Waals surface area contributed by atoms with Crippen LogP contribution in [0.3, 0.4) is 0 Å². The van der Waals surface area contributed by atoms with E-state index >= 15 is 0 Å². The van der Waals surface area contributed by atoms with Gasteiger partial charge in [-0.2, -0.15) is 0 Å². The molecule has 1 aliphatic heterocycles. The van der Waals surface area contributed by atoms with E-state index in [1.165, 1.54) is 7.11 Å². The fourth-order valence-electron chi connectivity index (χ4n) is 6.99. The van der Waals surface area contributed by atoms with Crippen LogP contribution in [0.4, 0.5) is 0 Å². The molecule has 3 aliphatic carbocycles. The van der Waals surface area contributed by atoms with E-state index in [1.807, 2.05) is 6.92 Å². The molecule has 28 heavy (non-hydrogen) atoms. The third-order valence-corrected chi connectivity index (χ3v) is 8.44. The molecule has 154 valence electrons. The number of Topliss-reactive ketones (excluding diaryl/α,β-unsaturated/α-hetero) is 2. The summed E-state index contributed by atoms with van der Waals surface area (Å²) >= 11 is 0. The number of aliphatic hydroxyl groups is 2. The van der Waals surface area contributed by atoms with Gasteiger partial charge in [-0.3, -0.25) is 14.4 Å². The molecule has 7 heteroatoms. The van der Waals surface area contributed by atoms with E-state index in [2.05, 4.69) is 0 Å². The Balaban J connectivity index is 2.03. The van der Waals surface area contributed by atoms with Crippen LogP contribution in [0, 0.1) is 28.6 Å². The summed E-state index contributed by atoms with van der Waals surface area (Å²) in [6, 6.07) is 0. The van der Waals surface area contributed by atoms with Crippen LogP contribution >= 0.6 is 0 Å². The fraction of sp³-hybridized carbons (Fsp3) is 0.762. The highest BCUT2D eigenvalue weighted by Crippen LogP contribution is 2.68. The number of ether oxygens (including phenoxy) is 2. The van der Waals surface area contributed by atoms with Gasteiger partial charge in [0, 0.05) is 16.4 Å². The van der Waals surface area contributed by atoms with Gasteiger partial charge in [-0.1, -0.05) is 20.8 Å². The maximum Gasteiger partial charge on any atom is 0.309 e. The van der Waals surface area contributed by atoms with Gasteiger partial charge in [-0.15, -0.1) is 0 Å². The summed E-state index contributed by atoms with van der Waals surface area (Å²) in [6.45, 7) is 7.02. The van der Waals surface area contributed by atoms with E-state index in [-0.39, 0.29) is 35.6 Å². The molecule has 0 spiro atoms. The zero-order chi connectivity index (χ0) is 20.8. The maximum absolute atomic E-state index is 13.6. The van der Waals surface area contributed by atoms with Crippen LogP contribution in [0.5, 0.6) is 0 Å². The highest BCUT2D eigenvalue weighted by atomic mass is 16.6. The summed E-state index contributed by atoms with van der Waals surface area (Å²) < 4.78 is 11.0. The molecule has 1 heterocycles. The minimum Gasteiger partial charge on any atom is -0.493 e. The molecule has 0 aromatic carbocycles. The number of fused-ring (bicyclic) bond motifs is 2. The van der Waals surface area contributed by atoms with Crippen molar-refractivity contribution in [3.05, 3.63) is 11.3 Å². The lowest BCUT2D eigenvalue weighted by molar-refractivity contribution is -0.258. The van der Waals surface area contributed by atoms with E-state index in [0.717, 1.165) is 0 Å². The largest absolute Gasteiger partial charge is 0.493 e. The zero-order valence-electron chi connectivity index (χ0n) is 16.9. The van der Waals surface area contributed by atoms with E-state index < -0.39 is 40.5 Å². The second kappa shape index (κ2) is 5.66. The third kappa shape index (κ3) is 1.94. The Hall–Kier alpha value is -1.73. The van der Waals surface area contributed by atoms with Crippen LogP contribution in [-0.2, 0) is 23.9 Å². The van der Waals surface area contributed by atoms with Gasteiger partial charge in [0.2, 0.25) is 5.78 Å². The van der Waals surface area contributed by atoms with Gasteiger partial charge in [0.05, 0.1) is 19.4 Å². The number of carbonyl (C=O) groups excluding carboxylic acids is 3. The van der Waals surface area contributed by atoms with Gasteiger partial charge in [0.15, 0.2) is 11.5 Å². The molecule has 4 rings (SSSR count). The molecule has 0 radical (unpaired) electrons. The standard InChI is InChI=1S/C21H28O7/c1-9-6-12(22)18(25)19(3)11(9)7-13-20(4)17(19)15(24)16(27-5)10(2)21(20,26)8-14(23)28-13/h9,11-13,17,22,26H,6-8H2,1-5H3/t9?,11?,12?,13-,17?,19+,20-,21-/m1/s1. The molecule has 4 aliphatic rings. The van der Waals surface area contributed by atoms with Crippen LogP contribution < -0.4 is 0 Å². The number of carbonyl (C=O) groups is 3. The highest BCUT2D eigenvalue weighted by molar-refractivity contribution is 6.04. The molecule has 3 fully saturated rings. The number of rotatable bonds is 1. The quantitative estimate of drug-likeness (QED) is 0.644. The first-order chi connectivity index (χ1) is 12.9. The van der Waals surface area contributed by atoms with E-state index in [1.54, 1.807) is 20.8 Å². The first-order valence-electron chi connectivity index (χ1n) is 9.88. The minimum atomic E-state index is -1.66.